The zero-order chi connectivity index (χ0) is 14.8. The second-order valence-electron chi connectivity index (χ2n) is 4.64. The summed E-state index contributed by atoms with van der Waals surface area (Å²) in [4.78, 5) is 12.4. The third kappa shape index (κ3) is 2.43. The number of fused-ring (bicyclic) bond motifs is 1. The Bertz CT molecular complexity index is 858. The summed E-state index contributed by atoms with van der Waals surface area (Å²) in [7, 11) is 1.56. The minimum absolute atomic E-state index is 0.181. The van der Waals surface area contributed by atoms with Gasteiger partial charge in [0.2, 0.25) is 0 Å². The predicted molar refractivity (Wildman–Crippen MR) is 80.3 cm³/mol. The lowest BCUT2D eigenvalue weighted by Gasteiger charge is -2.10. The van der Waals surface area contributed by atoms with Gasteiger partial charge in [-0.1, -0.05) is 23.4 Å². The molecule has 3 aromatic rings. The van der Waals surface area contributed by atoms with Crippen molar-refractivity contribution in [3.63, 3.8) is 0 Å². The van der Waals surface area contributed by atoms with Crippen LogP contribution in [0.2, 0.25) is 0 Å². The van der Waals surface area contributed by atoms with E-state index in [1.165, 1.54) is 4.68 Å². The molecule has 0 aliphatic carbocycles. The average molecular weight is 282 g/mol. The number of methoxy groups -OCH3 is 1. The Kier molecular flexibility index (Phi) is 3.27. The normalized spacial score (nSPS) is 10.7. The van der Waals surface area contributed by atoms with Crippen LogP contribution in [-0.2, 0) is 6.54 Å². The fourth-order valence-corrected chi connectivity index (χ4v) is 2.18. The van der Waals surface area contributed by atoms with Gasteiger partial charge >= 0.3 is 0 Å². The smallest absolute Gasteiger partial charge is 0.277 e. The van der Waals surface area contributed by atoms with Gasteiger partial charge in [0.1, 0.15) is 11.3 Å². The van der Waals surface area contributed by atoms with E-state index in [1.807, 2.05) is 12.1 Å². The number of hydrogen-bond donors (Lipinski definition) is 1. The highest BCUT2D eigenvalue weighted by molar-refractivity contribution is 5.76. The Labute approximate surface area is 120 Å². The molecule has 0 amide bonds. The highest BCUT2D eigenvalue weighted by Crippen LogP contribution is 2.21. The van der Waals surface area contributed by atoms with Crippen molar-refractivity contribution in [3.05, 3.63) is 58.4 Å². The van der Waals surface area contributed by atoms with E-state index >= 15 is 0 Å². The predicted octanol–water partition coefficient (Wildman–Crippen LogP) is 1.43. The molecule has 1 heterocycles. The number of hydrogen-bond acceptors (Lipinski definition) is 5. The van der Waals surface area contributed by atoms with Gasteiger partial charge in [-0.3, -0.25) is 4.79 Å². The van der Waals surface area contributed by atoms with Crippen LogP contribution in [0.3, 0.4) is 0 Å². The van der Waals surface area contributed by atoms with E-state index < -0.39 is 0 Å². The molecule has 0 atom stereocenters. The van der Waals surface area contributed by atoms with Crippen molar-refractivity contribution in [2.45, 2.75) is 6.54 Å². The first kappa shape index (κ1) is 13.1. The zero-order valence-corrected chi connectivity index (χ0v) is 11.5. The number of nitrogens with two attached hydrogens (primary N) is 1. The molecular formula is C15H14N4O2. The van der Waals surface area contributed by atoms with Crippen LogP contribution in [0.15, 0.2) is 47.3 Å². The Morgan fingerprint density at radius 3 is 2.86 bits per heavy atom. The number of aromatic nitrogens is 3. The Hall–Kier alpha value is -2.89. The van der Waals surface area contributed by atoms with Crippen LogP contribution in [-0.4, -0.2) is 22.1 Å². The lowest BCUT2D eigenvalue weighted by atomic mass is 10.2. The van der Waals surface area contributed by atoms with Gasteiger partial charge in [0, 0.05) is 17.3 Å². The molecule has 2 N–H and O–H groups in total. The molecule has 3 rings (SSSR count). The fourth-order valence-electron chi connectivity index (χ4n) is 2.18. The highest BCUT2D eigenvalue weighted by Gasteiger charge is 2.09. The van der Waals surface area contributed by atoms with Gasteiger partial charge in [-0.2, -0.15) is 0 Å². The second-order valence-corrected chi connectivity index (χ2v) is 4.64. The van der Waals surface area contributed by atoms with Crippen LogP contribution in [0.4, 0.5) is 5.69 Å². The number of nitrogen functional groups attached to an aromatic ring is 1. The summed E-state index contributed by atoms with van der Waals surface area (Å²) < 4.78 is 6.60. The topological polar surface area (TPSA) is 83.0 Å². The van der Waals surface area contributed by atoms with Gasteiger partial charge in [0.25, 0.3) is 5.56 Å². The van der Waals surface area contributed by atoms with E-state index in [2.05, 4.69) is 10.3 Å². The summed E-state index contributed by atoms with van der Waals surface area (Å²) >= 11 is 0. The number of anilines is 1. The molecule has 0 unspecified atom stereocenters. The van der Waals surface area contributed by atoms with Gasteiger partial charge in [0.05, 0.1) is 19.0 Å². The van der Waals surface area contributed by atoms with Crippen LogP contribution >= 0.6 is 0 Å². The summed E-state index contributed by atoms with van der Waals surface area (Å²) in [5.74, 6) is 0.622. The van der Waals surface area contributed by atoms with Gasteiger partial charge in [-0.05, 0) is 18.2 Å². The highest BCUT2D eigenvalue weighted by atomic mass is 16.5. The van der Waals surface area contributed by atoms with Crippen molar-refractivity contribution in [3.8, 4) is 5.75 Å². The summed E-state index contributed by atoms with van der Waals surface area (Å²) in [6.45, 7) is 0.278. The van der Waals surface area contributed by atoms with E-state index in [1.54, 1.807) is 37.4 Å². The summed E-state index contributed by atoms with van der Waals surface area (Å²) in [5, 5.41) is 8.57. The van der Waals surface area contributed by atoms with Crippen LogP contribution < -0.4 is 16.0 Å². The largest absolute Gasteiger partial charge is 0.496 e. The van der Waals surface area contributed by atoms with Crippen molar-refractivity contribution in [1.29, 1.82) is 0 Å². The van der Waals surface area contributed by atoms with E-state index in [4.69, 9.17) is 10.5 Å². The van der Waals surface area contributed by atoms with Gasteiger partial charge < -0.3 is 10.5 Å². The molecule has 0 aliphatic rings. The summed E-state index contributed by atoms with van der Waals surface area (Å²) in [6, 6.07) is 12.4. The maximum atomic E-state index is 12.4. The molecule has 0 saturated carbocycles. The lowest BCUT2D eigenvalue weighted by molar-refractivity contribution is 0.406. The molecule has 0 saturated heterocycles. The second kappa shape index (κ2) is 5.24. The molecule has 0 fully saturated rings. The molecular weight excluding hydrogens is 268 g/mol. The molecule has 106 valence electrons. The average Bonchev–Trinajstić information content (AvgIpc) is 2.51. The molecule has 0 radical (unpaired) electrons. The molecule has 2 aromatic carbocycles. The Morgan fingerprint density at radius 1 is 1.24 bits per heavy atom. The maximum absolute atomic E-state index is 12.4. The van der Waals surface area contributed by atoms with Crippen molar-refractivity contribution in [1.82, 2.24) is 15.0 Å². The monoisotopic (exact) mass is 282 g/mol. The molecule has 0 aliphatic heterocycles. The first-order chi connectivity index (χ1) is 10.2. The third-order valence-electron chi connectivity index (χ3n) is 3.26. The number of nitrogens with zero attached hydrogens (tertiary/aromatic N) is 3. The van der Waals surface area contributed by atoms with Crippen LogP contribution in [0.5, 0.6) is 5.75 Å². The van der Waals surface area contributed by atoms with E-state index in [0.717, 1.165) is 5.56 Å². The Balaban J connectivity index is 2.06. The van der Waals surface area contributed by atoms with Crippen molar-refractivity contribution in [2.75, 3.05) is 12.8 Å². The van der Waals surface area contributed by atoms with Crippen LogP contribution in [0.1, 0.15) is 5.56 Å². The number of benzene rings is 2. The van der Waals surface area contributed by atoms with E-state index in [-0.39, 0.29) is 12.1 Å². The first-order valence-electron chi connectivity index (χ1n) is 6.44. The molecule has 0 bridgehead atoms. The quantitative estimate of drug-likeness (QED) is 0.735. The summed E-state index contributed by atoms with van der Waals surface area (Å²) in [6.07, 6.45) is 0. The van der Waals surface area contributed by atoms with Gasteiger partial charge in [0.15, 0.2) is 0 Å². The molecule has 1 aromatic heterocycles. The number of ether oxygens (including phenoxy) is 1. The van der Waals surface area contributed by atoms with E-state index in [0.29, 0.717) is 22.3 Å². The maximum Gasteiger partial charge on any atom is 0.277 e. The van der Waals surface area contributed by atoms with Crippen molar-refractivity contribution < 1.29 is 4.74 Å². The fraction of sp³-hybridized carbons (Fsp3) is 0.133. The van der Waals surface area contributed by atoms with Gasteiger partial charge in [-0.15, -0.1) is 5.10 Å². The minimum atomic E-state index is -0.181. The minimum Gasteiger partial charge on any atom is -0.496 e. The third-order valence-corrected chi connectivity index (χ3v) is 3.26. The standard InChI is InChI=1S/C15H14N4O2/c1-21-14-8-11(16)7-6-10(14)9-19-15(20)12-4-2-3-5-13(12)17-18-19/h2-8H,9,16H2,1H3. The molecule has 6 heteroatoms. The zero-order valence-electron chi connectivity index (χ0n) is 11.5. The van der Waals surface area contributed by atoms with E-state index in [9.17, 15) is 4.79 Å². The summed E-state index contributed by atoms with van der Waals surface area (Å²) in [5.41, 5.74) is 7.55. The number of rotatable bonds is 3. The van der Waals surface area contributed by atoms with Crippen LogP contribution in [0.25, 0.3) is 10.9 Å². The molecule has 6 nitrogen and oxygen atoms in total. The van der Waals surface area contributed by atoms with Crippen molar-refractivity contribution >= 4 is 16.6 Å². The Morgan fingerprint density at radius 2 is 2.05 bits per heavy atom. The van der Waals surface area contributed by atoms with Gasteiger partial charge in [-0.25, -0.2) is 4.68 Å². The molecule has 0 spiro atoms. The lowest BCUT2D eigenvalue weighted by Crippen LogP contribution is -2.25. The first-order valence-corrected chi connectivity index (χ1v) is 6.44. The molecule has 21 heavy (non-hydrogen) atoms. The SMILES string of the molecule is COc1cc(N)ccc1Cn1nnc2ccccc2c1=O. The van der Waals surface area contributed by atoms with Crippen LogP contribution in [0, 0.1) is 0 Å². The van der Waals surface area contributed by atoms with Crippen molar-refractivity contribution in [2.24, 2.45) is 0 Å².